The van der Waals surface area contributed by atoms with Crippen LogP contribution in [0.3, 0.4) is 0 Å². The standard InChI is InChI=1S/C17H16ClN3O2S/c18-10-4-6-11(7-5-10)19-15(22)8-12-9-24-17-20-14-3-1-2-13(14)16(23)21(12)17/h4-7,12H,1-3,8-9H2,(H,19,22). The van der Waals surface area contributed by atoms with Gasteiger partial charge in [0.05, 0.1) is 11.7 Å². The number of amides is 1. The largest absolute Gasteiger partial charge is 0.326 e. The van der Waals surface area contributed by atoms with E-state index in [4.69, 9.17) is 11.6 Å². The maximum Gasteiger partial charge on any atom is 0.257 e. The van der Waals surface area contributed by atoms with Crippen LogP contribution in [-0.4, -0.2) is 21.2 Å². The number of carbonyl (C=O) groups is 1. The van der Waals surface area contributed by atoms with Gasteiger partial charge in [-0.15, -0.1) is 0 Å². The minimum absolute atomic E-state index is 0.0433. The first-order chi connectivity index (χ1) is 11.6. The van der Waals surface area contributed by atoms with E-state index in [-0.39, 0.29) is 23.9 Å². The fraction of sp³-hybridized carbons (Fsp3) is 0.353. The van der Waals surface area contributed by atoms with Crippen molar-refractivity contribution in [1.29, 1.82) is 0 Å². The number of aromatic nitrogens is 2. The Labute approximate surface area is 148 Å². The molecule has 24 heavy (non-hydrogen) atoms. The molecule has 2 heterocycles. The summed E-state index contributed by atoms with van der Waals surface area (Å²) < 4.78 is 1.72. The Morgan fingerprint density at radius 1 is 1.33 bits per heavy atom. The molecule has 1 atom stereocenters. The van der Waals surface area contributed by atoms with Crippen LogP contribution in [0.25, 0.3) is 0 Å². The summed E-state index contributed by atoms with van der Waals surface area (Å²) in [5, 5.41) is 4.24. The molecule has 1 aromatic heterocycles. The SMILES string of the molecule is O=C(CC1CSc2nc3c(c(=O)n21)CCC3)Nc1ccc(Cl)cc1. The summed E-state index contributed by atoms with van der Waals surface area (Å²) >= 11 is 7.41. The first-order valence-corrected chi connectivity index (χ1v) is 9.30. The highest BCUT2D eigenvalue weighted by molar-refractivity contribution is 7.99. The molecular formula is C17H16ClN3O2S. The van der Waals surface area contributed by atoms with Gasteiger partial charge in [0.2, 0.25) is 5.91 Å². The van der Waals surface area contributed by atoms with Crippen molar-refractivity contribution < 1.29 is 4.79 Å². The number of anilines is 1. The molecular weight excluding hydrogens is 346 g/mol. The van der Waals surface area contributed by atoms with E-state index in [9.17, 15) is 9.59 Å². The molecule has 0 radical (unpaired) electrons. The van der Waals surface area contributed by atoms with E-state index < -0.39 is 0 Å². The average molecular weight is 362 g/mol. The molecule has 0 bridgehead atoms. The fourth-order valence-corrected chi connectivity index (χ4v) is 4.54. The number of hydrogen-bond donors (Lipinski definition) is 1. The lowest BCUT2D eigenvalue weighted by Crippen LogP contribution is -2.30. The van der Waals surface area contributed by atoms with Crippen molar-refractivity contribution >= 4 is 35.0 Å². The third-order valence-electron chi connectivity index (χ3n) is 4.42. The molecule has 1 unspecified atom stereocenters. The Kier molecular flexibility index (Phi) is 4.10. The lowest BCUT2D eigenvalue weighted by molar-refractivity contribution is -0.116. The number of nitrogens with one attached hydrogen (secondary N) is 1. The molecule has 124 valence electrons. The van der Waals surface area contributed by atoms with Gasteiger partial charge in [-0.1, -0.05) is 23.4 Å². The van der Waals surface area contributed by atoms with Crippen LogP contribution in [0.2, 0.25) is 5.02 Å². The van der Waals surface area contributed by atoms with Crippen molar-refractivity contribution in [2.75, 3.05) is 11.1 Å². The Hall–Kier alpha value is -1.79. The van der Waals surface area contributed by atoms with Gasteiger partial charge in [0.1, 0.15) is 0 Å². The Morgan fingerprint density at radius 3 is 2.92 bits per heavy atom. The molecule has 1 aliphatic carbocycles. The molecule has 0 saturated carbocycles. The number of carbonyl (C=O) groups excluding carboxylic acids is 1. The summed E-state index contributed by atoms with van der Waals surface area (Å²) in [5.74, 6) is 0.599. The van der Waals surface area contributed by atoms with E-state index in [1.807, 2.05) is 0 Å². The number of rotatable bonds is 3. The second-order valence-electron chi connectivity index (χ2n) is 6.07. The highest BCUT2D eigenvalue weighted by Crippen LogP contribution is 2.34. The summed E-state index contributed by atoms with van der Waals surface area (Å²) in [7, 11) is 0. The van der Waals surface area contributed by atoms with Crippen LogP contribution in [0.1, 0.15) is 30.1 Å². The maximum absolute atomic E-state index is 12.7. The van der Waals surface area contributed by atoms with Crippen molar-refractivity contribution in [2.24, 2.45) is 0 Å². The van der Waals surface area contributed by atoms with Crippen LogP contribution in [0, 0.1) is 0 Å². The minimum Gasteiger partial charge on any atom is -0.326 e. The Bertz CT molecular complexity index is 863. The number of halogens is 1. The molecule has 7 heteroatoms. The smallest absolute Gasteiger partial charge is 0.257 e. The van der Waals surface area contributed by atoms with Crippen molar-refractivity contribution in [1.82, 2.24) is 9.55 Å². The highest BCUT2D eigenvalue weighted by atomic mass is 35.5. The second-order valence-corrected chi connectivity index (χ2v) is 7.50. The second kappa shape index (κ2) is 6.26. The van der Waals surface area contributed by atoms with E-state index in [1.54, 1.807) is 40.6 Å². The van der Waals surface area contributed by atoms with Crippen molar-refractivity contribution in [3.63, 3.8) is 0 Å². The van der Waals surface area contributed by atoms with Gasteiger partial charge in [-0.2, -0.15) is 0 Å². The predicted molar refractivity (Wildman–Crippen MR) is 95.0 cm³/mol. The molecule has 1 amide bonds. The Balaban J connectivity index is 1.52. The van der Waals surface area contributed by atoms with Gasteiger partial charge in [0, 0.05) is 28.4 Å². The lowest BCUT2D eigenvalue weighted by Gasteiger charge is -2.14. The van der Waals surface area contributed by atoms with Crippen molar-refractivity contribution in [3.05, 3.63) is 50.9 Å². The number of thioether (sulfide) groups is 1. The first kappa shape index (κ1) is 15.7. The van der Waals surface area contributed by atoms with Crippen LogP contribution < -0.4 is 10.9 Å². The first-order valence-electron chi connectivity index (χ1n) is 7.94. The molecule has 2 aromatic rings. The fourth-order valence-electron chi connectivity index (χ4n) is 3.26. The number of hydrogen-bond acceptors (Lipinski definition) is 4. The summed E-state index contributed by atoms with van der Waals surface area (Å²) in [6.45, 7) is 0. The van der Waals surface area contributed by atoms with Crippen LogP contribution in [0.15, 0.2) is 34.2 Å². The normalized spacial score (nSPS) is 18.3. The zero-order chi connectivity index (χ0) is 16.7. The van der Waals surface area contributed by atoms with Crippen LogP contribution in [0.5, 0.6) is 0 Å². The molecule has 1 aromatic carbocycles. The number of aryl methyl sites for hydroxylation is 1. The molecule has 1 aliphatic heterocycles. The molecule has 0 fully saturated rings. The monoisotopic (exact) mass is 361 g/mol. The quantitative estimate of drug-likeness (QED) is 0.853. The van der Waals surface area contributed by atoms with E-state index in [0.717, 1.165) is 35.7 Å². The topological polar surface area (TPSA) is 64.0 Å². The Morgan fingerprint density at radius 2 is 2.12 bits per heavy atom. The summed E-state index contributed by atoms with van der Waals surface area (Å²) in [6, 6.07) is 6.85. The molecule has 5 nitrogen and oxygen atoms in total. The summed E-state index contributed by atoms with van der Waals surface area (Å²) in [5.41, 5.74) is 2.53. The van der Waals surface area contributed by atoms with Gasteiger partial charge in [0.25, 0.3) is 5.56 Å². The molecule has 0 saturated heterocycles. The molecule has 2 aliphatic rings. The third-order valence-corrected chi connectivity index (χ3v) is 5.77. The third kappa shape index (κ3) is 2.84. The lowest BCUT2D eigenvalue weighted by atomic mass is 10.2. The summed E-state index contributed by atoms with van der Waals surface area (Å²) in [6.07, 6.45) is 2.95. The minimum atomic E-state index is -0.136. The summed E-state index contributed by atoms with van der Waals surface area (Å²) in [4.78, 5) is 29.6. The van der Waals surface area contributed by atoms with Crippen LogP contribution >= 0.6 is 23.4 Å². The van der Waals surface area contributed by atoms with Gasteiger partial charge in [0.15, 0.2) is 5.16 Å². The van der Waals surface area contributed by atoms with Crippen molar-refractivity contribution in [2.45, 2.75) is 36.9 Å². The van der Waals surface area contributed by atoms with E-state index in [0.29, 0.717) is 16.5 Å². The van der Waals surface area contributed by atoms with Gasteiger partial charge in [-0.3, -0.25) is 14.2 Å². The predicted octanol–water partition coefficient (Wildman–Crippen LogP) is 3.06. The van der Waals surface area contributed by atoms with Crippen LogP contribution in [0.4, 0.5) is 5.69 Å². The molecule has 1 N–H and O–H groups in total. The number of fused-ring (bicyclic) bond motifs is 2. The molecule has 0 spiro atoms. The molecule has 4 rings (SSSR count). The zero-order valence-electron chi connectivity index (χ0n) is 12.9. The highest BCUT2D eigenvalue weighted by Gasteiger charge is 2.31. The van der Waals surface area contributed by atoms with E-state index in [1.165, 1.54) is 0 Å². The van der Waals surface area contributed by atoms with Gasteiger partial charge in [-0.05, 0) is 43.5 Å². The van der Waals surface area contributed by atoms with Gasteiger partial charge >= 0.3 is 0 Å². The number of benzene rings is 1. The van der Waals surface area contributed by atoms with Crippen molar-refractivity contribution in [3.8, 4) is 0 Å². The van der Waals surface area contributed by atoms with E-state index >= 15 is 0 Å². The maximum atomic E-state index is 12.7. The van der Waals surface area contributed by atoms with Gasteiger partial charge < -0.3 is 5.32 Å². The van der Waals surface area contributed by atoms with Crippen LogP contribution in [-0.2, 0) is 17.6 Å². The van der Waals surface area contributed by atoms with E-state index in [2.05, 4.69) is 10.3 Å². The average Bonchev–Trinajstić information content (AvgIpc) is 3.17. The number of nitrogens with zero attached hydrogens (tertiary/aromatic N) is 2. The zero-order valence-corrected chi connectivity index (χ0v) is 14.5. The van der Waals surface area contributed by atoms with Gasteiger partial charge in [-0.25, -0.2) is 4.98 Å².